The maximum absolute atomic E-state index is 12.1. The number of nitrogens with one attached hydrogen (secondary N) is 1. The summed E-state index contributed by atoms with van der Waals surface area (Å²) in [6.45, 7) is 5.39. The number of unbranched alkanes of at least 4 members (excludes halogenated alkanes) is 3. The molecule has 0 aromatic rings. The maximum atomic E-state index is 12.1. The topological polar surface area (TPSA) is 21.3 Å². The van der Waals surface area contributed by atoms with Crippen LogP contribution < -0.4 is 5.32 Å². The highest BCUT2D eigenvalue weighted by molar-refractivity contribution is 4.60. The number of hydrogen-bond acceptors (Lipinski definition) is 2. The average Bonchev–Trinajstić information content (AvgIpc) is 2.25. The zero-order chi connectivity index (χ0) is 13.1. The molecule has 0 radical (unpaired) electrons. The Labute approximate surface area is 102 Å². The van der Waals surface area contributed by atoms with Gasteiger partial charge in [-0.2, -0.15) is 13.2 Å². The second-order valence-electron chi connectivity index (χ2n) is 4.22. The predicted molar refractivity (Wildman–Crippen MR) is 63.1 cm³/mol. The molecule has 0 saturated heterocycles. The summed E-state index contributed by atoms with van der Waals surface area (Å²) < 4.78 is 40.9. The van der Waals surface area contributed by atoms with Gasteiger partial charge in [-0.15, -0.1) is 0 Å². The lowest BCUT2D eigenvalue weighted by Crippen LogP contribution is -2.28. The van der Waals surface area contributed by atoms with Crippen LogP contribution >= 0.6 is 0 Å². The van der Waals surface area contributed by atoms with Gasteiger partial charge in [0.15, 0.2) is 6.10 Å². The summed E-state index contributed by atoms with van der Waals surface area (Å²) in [5, 5.41) is 3.28. The molecule has 1 atom stereocenters. The van der Waals surface area contributed by atoms with Gasteiger partial charge >= 0.3 is 6.18 Å². The minimum Gasteiger partial charge on any atom is -0.369 e. The molecule has 0 fully saturated rings. The minimum atomic E-state index is -4.23. The van der Waals surface area contributed by atoms with E-state index in [0.717, 1.165) is 45.7 Å². The lowest BCUT2D eigenvalue weighted by Gasteiger charge is -2.16. The number of ether oxygens (including phenoxy) is 1. The van der Waals surface area contributed by atoms with Crippen molar-refractivity contribution in [2.75, 3.05) is 19.7 Å². The molecule has 1 N–H and O–H groups in total. The van der Waals surface area contributed by atoms with E-state index in [1.54, 1.807) is 0 Å². The SMILES string of the molecule is CCCNCCCCCCOC(C)C(F)(F)F. The van der Waals surface area contributed by atoms with Crippen molar-refractivity contribution in [3.8, 4) is 0 Å². The van der Waals surface area contributed by atoms with Gasteiger partial charge in [-0.05, 0) is 39.3 Å². The minimum absolute atomic E-state index is 0.197. The van der Waals surface area contributed by atoms with Crippen LogP contribution in [0.4, 0.5) is 13.2 Å². The van der Waals surface area contributed by atoms with Crippen LogP contribution in [-0.2, 0) is 4.74 Å². The Kier molecular flexibility index (Phi) is 9.55. The summed E-state index contributed by atoms with van der Waals surface area (Å²) >= 11 is 0. The first-order valence-electron chi connectivity index (χ1n) is 6.37. The molecular formula is C12H24F3NO. The fourth-order valence-corrected chi connectivity index (χ4v) is 1.36. The predicted octanol–water partition coefficient (Wildman–Crippen LogP) is 3.51. The van der Waals surface area contributed by atoms with Gasteiger partial charge in [-0.3, -0.25) is 0 Å². The second kappa shape index (κ2) is 9.71. The molecule has 0 bridgehead atoms. The summed E-state index contributed by atoms with van der Waals surface area (Å²) in [7, 11) is 0. The third-order valence-electron chi connectivity index (χ3n) is 2.50. The lowest BCUT2D eigenvalue weighted by molar-refractivity contribution is -0.214. The quantitative estimate of drug-likeness (QED) is 0.603. The molecule has 0 spiro atoms. The van der Waals surface area contributed by atoms with Crippen molar-refractivity contribution >= 4 is 0 Å². The highest BCUT2D eigenvalue weighted by Gasteiger charge is 2.36. The number of alkyl halides is 3. The van der Waals surface area contributed by atoms with Crippen LogP contribution in [-0.4, -0.2) is 32.0 Å². The molecule has 0 rings (SSSR count). The fourth-order valence-electron chi connectivity index (χ4n) is 1.36. The summed E-state index contributed by atoms with van der Waals surface area (Å²) in [6.07, 6.45) is -0.997. The van der Waals surface area contributed by atoms with E-state index in [4.69, 9.17) is 4.74 Å². The smallest absolute Gasteiger partial charge is 0.369 e. The first-order valence-corrected chi connectivity index (χ1v) is 6.37. The van der Waals surface area contributed by atoms with Crippen LogP contribution in [0.25, 0.3) is 0 Å². The van der Waals surface area contributed by atoms with Crippen LogP contribution in [0.15, 0.2) is 0 Å². The maximum Gasteiger partial charge on any atom is 0.414 e. The summed E-state index contributed by atoms with van der Waals surface area (Å²) in [6, 6.07) is 0. The zero-order valence-electron chi connectivity index (χ0n) is 10.8. The molecule has 2 nitrogen and oxygen atoms in total. The van der Waals surface area contributed by atoms with E-state index >= 15 is 0 Å². The van der Waals surface area contributed by atoms with E-state index in [-0.39, 0.29) is 6.61 Å². The van der Waals surface area contributed by atoms with E-state index in [0.29, 0.717) is 6.42 Å². The highest BCUT2D eigenvalue weighted by Crippen LogP contribution is 2.22. The molecule has 0 saturated carbocycles. The molecule has 0 aromatic carbocycles. The van der Waals surface area contributed by atoms with E-state index < -0.39 is 12.3 Å². The summed E-state index contributed by atoms with van der Waals surface area (Å²) in [5.41, 5.74) is 0. The van der Waals surface area contributed by atoms with Crippen LogP contribution in [0.2, 0.25) is 0 Å². The van der Waals surface area contributed by atoms with Gasteiger partial charge in [-0.1, -0.05) is 19.8 Å². The molecule has 104 valence electrons. The largest absolute Gasteiger partial charge is 0.414 e. The summed E-state index contributed by atoms with van der Waals surface area (Å²) in [4.78, 5) is 0. The molecular weight excluding hydrogens is 231 g/mol. The van der Waals surface area contributed by atoms with Crippen molar-refractivity contribution in [2.45, 2.75) is 58.2 Å². The van der Waals surface area contributed by atoms with Gasteiger partial charge in [0, 0.05) is 6.61 Å². The molecule has 0 aliphatic rings. The molecule has 0 aliphatic carbocycles. The summed E-state index contributed by atoms with van der Waals surface area (Å²) in [5.74, 6) is 0. The molecule has 17 heavy (non-hydrogen) atoms. The van der Waals surface area contributed by atoms with Crippen molar-refractivity contribution in [3.05, 3.63) is 0 Å². The van der Waals surface area contributed by atoms with E-state index in [1.807, 2.05) is 0 Å². The van der Waals surface area contributed by atoms with Crippen LogP contribution in [0, 0.1) is 0 Å². The van der Waals surface area contributed by atoms with Gasteiger partial charge in [0.1, 0.15) is 0 Å². The lowest BCUT2D eigenvalue weighted by atomic mass is 10.2. The molecule has 1 unspecified atom stereocenters. The van der Waals surface area contributed by atoms with Crippen molar-refractivity contribution in [3.63, 3.8) is 0 Å². The number of rotatable bonds is 10. The fraction of sp³-hybridized carbons (Fsp3) is 1.00. The zero-order valence-corrected chi connectivity index (χ0v) is 10.8. The van der Waals surface area contributed by atoms with Gasteiger partial charge in [-0.25, -0.2) is 0 Å². The Hall–Kier alpha value is -0.290. The van der Waals surface area contributed by atoms with E-state index in [9.17, 15) is 13.2 Å². The second-order valence-corrected chi connectivity index (χ2v) is 4.22. The molecule has 5 heteroatoms. The number of halogens is 3. The monoisotopic (exact) mass is 255 g/mol. The number of hydrogen-bond donors (Lipinski definition) is 1. The average molecular weight is 255 g/mol. The third kappa shape index (κ3) is 10.6. The van der Waals surface area contributed by atoms with Gasteiger partial charge < -0.3 is 10.1 Å². The standard InChI is InChI=1S/C12H24F3NO/c1-3-8-16-9-6-4-5-7-10-17-11(2)12(13,14)15/h11,16H,3-10H2,1-2H3. The Morgan fingerprint density at radius 1 is 1.06 bits per heavy atom. The van der Waals surface area contributed by atoms with Gasteiger partial charge in [0.2, 0.25) is 0 Å². The van der Waals surface area contributed by atoms with Crippen molar-refractivity contribution in [2.24, 2.45) is 0 Å². The normalized spacial score (nSPS) is 13.9. The van der Waals surface area contributed by atoms with Crippen LogP contribution in [0.5, 0.6) is 0 Å². The molecule has 0 aliphatic heterocycles. The first-order chi connectivity index (χ1) is 7.98. The van der Waals surface area contributed by atoms with Gasteiger partial charge in [0.25, 0.3) is 0 Å². The Morgan fingerprint density at radius 2 is 1.71 bits per heavy atom. The Balaban J connectivity index is 3.19. The molecule has 0 aromatic heterocycles. The van der Waals surface area contributed by atoms with E-state index in [1.165, 1.54) is 0 Å². The highest BCUT2D eigenvalue weighted by atomic mass is 19.4. The van der Waals surface area contributed by atoms with E-state index in [2.05, 4.69) is 12.2 Å². The van der Waals surface area contributed by atoms with Crippen molar-refractivity contribution < 1.29 is 17.9 Å². The van der Waals surface area contributed by atoms with Crippen molar-refractivity contribution in [1.29, 1.82) is 0 Å². The molecule has 0 amide bonds. The van der Waals surface area contributed by atoms with Gasteiger partial charge in [0.05, 0.1) is 0 Å². The Morgan fingerprint density at radius 3 is 2.29 bits per heavy atom. The third-order valence-corrected chi connectivity index (χ3v) is 2.50. The van der Waals surface area contributed by atoms with Crippen LogP contribution in [0.3, 0.4) is 0 Å². The van der Waals surface area contributed by atoms with Crippen molar-refractivity contribution in [1.82, 2.24) is 5.32 Å². The first kappa shape index (κ1) is 16.7. The molecule has 0 heterocycles. The Bertz CT molecular complexity index is 174. The van der Waals surface area contributed by atoms with Crippen LogP contribution in [0.1, 0.15) is 46.0 Å².